The third-order valence-electron chi connectivity index (χ3n) is 3.70. The van der Waals surface area contributed by atoms with Crippen molar-refractivity contribution in [2.24, 2.45) is 0 Å². The Hall–Kier alpha value is -2.79. The lowest BCUT2D eigenvalue weighted by Crippen LogP contribution is -2.12. The van der Waals surface area contributed by atoms with Crippen molar-refractivity contribution in [2.45, 2.75) is 19.8 Å². The molecule has 26 heavy (non-hydrogen) atoms. The molecule has 3 rings (SSSR count). The van der Waals surface area contributed by atoms with E-state index in [1.54, 1.807) is 18.3 Å². The number of ether oxygens (including phenoxy) is 1. The Balaban J connectivity index is 1.52. The van der Waals surface area contributed by atoms with Crippen molar-refractivity contribution in [1.82, 2.24) is 4.98 Å². The third-order valence-corrected chi connectivity index (χ3v) is 3.95. The number of carbonyl (C=O) groups is 1. The van der Waals surface area contributed by atoms with Crippen LogP contribution in [0.15, 0.2) is 59.1 Å². The number of anilines is 1. The molecule has 1 aromatic heterocycles. The number of aryl methyl sites for hydroxylation is 1. The fraction of sp³-hybridized carbons (Fsp3) is 0.200. The topological polar surface area (TPSA) is 64.4 Å². The fourth-order valence-corrected chi connectivity index (χ4v) is 2.54. The maximum Gasteiger partial charge on any atom is 0.224 e. The van der Waals surface area contributed by atoms with E-state index < -0.39 is 0 Å². The van der Waals surface area contributed by atoms with E-state index in [-0.39, 0.29) is 12.3 Å². The van der Waals surface area contributed by atoms with Gasteiger partial charge in [-0.15, -0.1) is 0 Å². The van der Waals surface area contributed by atoms with Gasteiger partial charge in [-0.3, -0.25) is 4.79 Å². The van der Waals surface area contributed by atoms with Crippen LogP contribution >= 0.6 is 11.6 Å². The van der Waals surface area contributed by atoms with E-state index in [4.69, 9.17) is 20.8 Å². The van der Waals surface area contributed by atoms with Crippen LogP contribution in [-0.2, 0) is 11.2 Å². The molecule has 0 spiro atoms. The molecule has 0 fully saturated rings. The smallest absolute Gasteiger partial charge is 0.224 e. The van der Waals surface area contributed by atoms with Gasteiger partial charge in [0.1, 0.15) is 5.75 Å². The van der Waals surface area contributed by atoms with E-state index in [1.807, 2.05) is 43.3 Å². The van der Waals surface area contributed by atoms with Crippen molar-refractivity contribution in [1.29, 1.82) is 0 Å². The fourth-order valence-electron chi connectivity index (χ4n) is 2.42. The highest BCUT2D eigenvalue weighted by Gasteiger charge is 2.09. The van der Waals surface area contributed by atoms with Crippen LogP contribution in [0.25, 0.3) is 11.3 Å². The van der Waals surface area contributed by atoms with Crippen molar-refractivity contribution in [3.8, 4) is 17.1 Å². The highest BCUT2D eigenvalue weighted by molar-refractivity contribution is 6.30. The summed E-state index contributed by atoms with van der Waals surface area (Å²) in [5.41, 5.74) is 1.62. The van der Waals surface area contributed by atoms with Gasteiger partial charge in [-0.05, 0) is 55.5 Å². The maximum absolute atomic E-state index is 12.1. The Labute approximate surface area is 157 Å². The van der Waals surface area contributed by atoms with E-state index in [2.05, 4.69) is 10.3 Å². The van der Waals surface area contributed by atoms with Gasteiger partial charge < -0.3 is 14.5 Å². The summed E-state index contributed by atoms with van der Waals surface area (Å²) in [4.78, 5) is 16.3. The molecule has 0 saturated heterocycles. The number of carbonyl (C=O) groups excluding carboxylic acids is 1. The lowest BCUT2D eigenvalue weighted by atomic mass is 10.2. The quantitative estimate of drug-likeness (QED) is 0.638. The molecule has 1 N–H and O–H groups in total. The molecule has 0 saturated carbocycles. The zero-order valence-corrected chi connectivity index (χ0v) is 15.1. The van der Waals surface area contributed by atoms with Gasteiger partial charge in [0.25, 0.3) is 0 Å². The number of hydrogen-bond acceptors (Lipinski definition) is 4. The first-order chi connectivity index (χ1) is 12.6. The van der Waals surface area contributed by atoms with Crippen molar-refractivity contribution in [3.05, 3.63) is 65.6 Å². The standard InChI is InChI=1S/C20H19ClN2O3/c1-2-25-17-9-7-16(8-10-17)23-19(24)11-12-20-22-13-18(26-20)14-3-5-15(21)6-4-14/h3-10,13H,2,11-12H2,1H3,(H,23,24). The first-order valence-corrected chi connectivity index (χ1v) is 8.75. The highest BCUT2D eigenvalue weighted by atomic mass is 35.5. The zero-order chi connectivity index (χ0) is 18.4. The third kappa shape index (κ3) is 4.86. The molecule has 1 amide bonds. The van der Waals surface area contributed by atoms with Crippen LogP contribution in [-0.4, -0.2) is 17.5 Å². The summed E-state index contributed by atoms with van der Waals surface area (Å²) in [7, 11) is 0. The highest BCUT2D eigenvalue weighted by Crippen LogP contribution is 2.23. The van der Waals surface area contributed by atoms with Crippen LogP contribution in [0, 0.1) is 0 Å². The lowest BCUT2D eigenvalue weighted by Gasteiger charge is -2.06. The molecule has 134 valence electrons. The predicted molar refractivity (Wildman–Crippen MR) is 102 cm³/mol. The second kappa shape index (κ2) is 8.54. The number of halogens is 1. The van der Waals surface area contributed by atoms with Gasteiger partial charge >= 0.3 is 0 Å². The van der Waals surface area contributed by atoms with Crippen LogP contribution in [0.3, 0.4) is 0 Å². The molecular formula is C20H19ClN2O3. The Morgan fingerprint density at radius 1 is 1.15 bits per heavy atom. The van der Waals surface area contributed by atoms with E-state index in [0.717, 1.165) is 17.0 Å². The van der Waals surface area contributed by atoms with E-state index in [1.165, 1.54) is 0 Å². The molecule has 1 heterocycles. The van der Waals surface area contributed by atoms with E-state index in [9.17, 15) is 4.79 Å². The molecule has 5 nitrogen and oxygen atoms in total. The molecule has 0 aliphatic rings. The molecule has 2 aromatic carbocycles. The van der Waals surface area contributed by atoms with Gasteiger partial charge in [-0.1, -0.05) is 11.6 Å². The van der Waals surface area contributed by atoms with Crippen LogP contribution in [0.4, 0.5) is 5.69 Å². The van der Waals surface area contributed by atoms with Crippen molar-refractivity contribution < 1.29 is 13.9 Å². The van der Waals surface area contributed by atoms with Gasteiger partial charge in [0.05, 0.1) is 12.8 Å². The molecule has 0 aliphatic carbocycles. The molecule has 0 bridgehead atoms. The summed E-state index contributed by atoms with van der Waals surface area (Å²) in [6.45, 7) is 2.54. The molecule has 6 heteroatoms. The SMILES string of the molecule is CCOc1ccc(NC(=O)CCc2ncc(-c3ccc(Cl)cc3)o2)cc1. The van der Waals surface area contributed by atoms with Crippen molar-refractivity contribution in [2.75, 3.05) is 11.9 Å². The summed E-state index contributed by atoms with van der Waals surface area (Å²) in [6.07, 6.45) is 2.37. The lowest BCUT2D eigenvalue weighted by molar-refractivity contribution is -0.116. The minimum atomic E-state index is -0.0968. The van der Waals surface area contributed by atoms with Gasteiger partial charge in [0.2, 0.25) is 5.91 Å². The molecule has 0 unspecified atom stereocenters. The summed E-state index contributed by atoms with van der Waals surface area (Å²) >= 11 is 5.88. The number of nitrogens with one attached hydrogen (secondary N) is 1. The summed E-state index contributed by atoms with van der Waals surface area (Å²) in [5, 5.41) is 3.51. The number of aromatic nitrogens is 1. The van der Waals surface area contributed by atoms with Crippen LogP contribution < -0.4 is 10.1 Å². The summed E-state index contributed by atoms with van der Waals surface area (Å²) in [6, 6.07) is 14.6. The molecule has 0 aliphatic heterocycles. The average molecular weight is 371 g/mol. The monoisotopic (exact) mass is 370 g/mol. The zero-order valence-electron chi connectivity index (χ0n) is 14.4. The predicted octanol–water partition coefficient (Wildman–Crippen LogP) is 4.97. The second-order valence-electron chi connectivity index (χ2n) is 5.63. The maximum atomic E-state index is 12.1. The first kappa shape index (κ1) is 18.0. The van der Waals surface area contributed by atoms with Crippen molar-refractivity contribution >= 4 is 23.2 Å². The number of amides is 1. The largest absolute Gasteiger partial charge is 0.494 e. The minimum Gasteiger partial charge on any atom is -0.494 e. The molecule has 3 aromatic rings. The number of rotatable bonds is 7. The number of benzene rings is 2. The van der Waals surface area contributed by atoms with Gasteiger partial charge in [0, 0.05) is 29.1 Å². The number of hydrogen-bond donors (Lipinski definition) is 1. The first-order valence-electron chi connectivity index (χ1n) is 8.37. The van der Waals surface area contributed by atoms with Gasteiger partial charge in [-0.25, -0.2) is 4.98 Å². The van der Waals surface area contributed by atoms with Crippen LogP contribution in [0.2, 0.25) is 5.02 Å². The van der Waals surface area contributed by atoms with Gasteiger partial charge in [-0.2, -0.15) is 0 Å². The second-order valence-corrected chi connectivity index (χ2v) is 6.07. The Morgan fingerprint density at radius 3 is 2.58 bits per heavy atom. The van der Waals surface area contributed by atoms with Crippen LogP contribution in [0.1, 0.15) is 19.2 Å². The Kier molecular flexibility index (Phi) is 5.92. The molecule has 0 atom stereocenters. The number of nitrogens with zero attached hydrogens (tertiary/aromatic N) is 1. The summed E-state index contributed by atoms with van der Waals surface area (Å²) in [5.74, 6) is 1.86. The van der Waals surface area contributed by atoms with E-state index >= 15 is 0 Å². The average Bonchev–Trinajstić information content (AvgIpc) is 3.11. The Morgan fingerprint density at radius 2 is 1.88 bits per heavy atom. The van der Waals surface area contributed by atoms with Crippen molar-refractivity contribution in [3.63, 3.8) is 0 Å². The minimum absolute atomic E-state index is 0.0968. The van der Waals surface area contributed by atoms with Gasteiger partial charge in [0.15, 0.2) is 11.7 Å². The molecular weight excluding hydrogens is 352 g/mol. The summed E-state index contributed by atoms with van der Waals surface area (Å²) < 4.78 is 11.1. The normalized spacial score (nSPS) is 10.5. The molecule has 0 radical (unpaired) electrons. The van der Waals surface area contributed by atoms with E-state index in [0.29, 0.717) is 29.7 Å². The number of oxazole rings is 1. The Bertz CT molecular complexity index is 858. The van der Waals surface area contributed by atoms with Crippen LogP contribution in [0.5, 0.6) is 5.75 Å².